The number of hydrogen-bond donors (Lipinski definition) is 1. The smallest absolute Gasteiger partial charge is 0.462 e. The van der Waals surface area contributed by atoms with Crippen molar-refractivity contribution in [3.8, 4) is 0 Å². The van der Waals surface area contributed by atoms with Gasteiger partial charge >= 0.3 is 7.32 Å². The van der Waals surface area contributed by atoms with Crippen molar-refractivity contribution in [3.63, 3.8) is 0 Å². The summed E-state index contributed by atoms with van der Waals surface area (Å²) in [6, 6.07) is 0. The van der Waals surface area contributed by atoms with Gasteiger partial charge in [-0.05, 0) is 0 Å². The van der Waals surface area contributed by atoms with E-state index in [9.17, 15) is 14.4 Å². The number of alkyl halides is 2. The fourth-order valence-corrected chi connectivity index (χ4v) is 0.479. The molecule has 0 aliphatic heterocycles. The molecule has 21 heavy (non-hydrogen) atoms. The average molecular weight is 344 g/mol. The zero-order chi connectivity index (χ0) is 17.3. The van der Waals surface area contributed by atoms with E-state index in [2.05, 4.69) is 20.5 Å². The summed E-state index contributed by atoms with van der Waals surface area (Å²) in [7, 11) is -1.59. The van der Waals surface area contributed by atoms with Crippen molar-refractivity contribution in [1.29, 1.82) is 0 Å². The van der Waals surface area contributed by atoms with Crippen LogP contribution in [0.2, 0.25) is 0 Å². The summed E-state index contributed by atoms with van der Waals surface area (Å²) >= 11 is 10.1. The molecule has 0 unspecified atom stereocenters. The normalized spacial score (nSPS) is 7.90. The molecule has 0 aromatic rings. The minimum absolute atomic E-state index is 0.557. The summed E-state index contributed by atoms with van der Waals surface area (Å²) in [6.07, 6.45) is 1.65. The molecule has 0 saturated heterocycles. The van der Waals surface area contributed by atoms with Crippen LogP contribution < -0.4 is 5.73 Å². The van der Waals surface area contributed by atoms with Crippen LogP contribution in [0.5, 0.6) is 0 Å². The van der Waals surface area contributed by atoms with Crippen LogP contribution in [-0.2, 0) is 28.3 Å². The maximum absolute atomic E-state index is 10.4. The van der Waals surface area contributed by atoms with Gasteiger partial charge in [-0.15, -0.1) is 29.8 Å². The third kappa shape index (κ3) is 32.4. The topological polar surface area (TPSA) is 105 Å². The Bertz CT molecular complexity index is 277. The molecule has 0 aromatic carbocycles. The van der Waals surface area contributed by atoms with E-state index in [1.54, 1.807) is 6.08 Å². The molecule has 0 rings (SSSR count). The Morgan fingerprint density at radius 1 is 1.00 bits per heavy atom. The number of rotatable bonds is 5. The third-order valence-electron chi connectivity index (χ3n) is 1.02. The second-order valence-corrected chi connectivity index (χ2v) is 3.78. The maximum Gasteiger partial charge on any atom is 0.870 e. The van der Waals surface area contributed by atoms with Crippen LogP contribution in [0.4, 0.5) is 0 Å². The van der Waals surface area contributed by atoms with Gasteiger partial charge in [-0.25, -0.2) is 0 Å². The second-order valence-electron chi connectivity index (χ2n) is 3.02. The summed E-state index contributed by atoms with van der Waals surface area (Å²) in [6.45, 7) is 7.23. The highest BCUT2D eigenvalue weighted by atomic mass is 35.5. The molecule has 0 aromatic heterocycles. The van der Waals surface area contributed by atoms with Crippen molar-refractivity contribution in [3.05, 3.63) is 12.7 Å². The van der Waals surface area contributed by atoms with Crippen molar-refractivity contribution >= 4 is 48.4 Å². The van der Waals surface area contributed by atoms with Crippen molar-refractivity contribution in [1.82, 2.24) is 0 Å². The molecule has 0 atom stereocenters. The monoisotopic (exact) mass is 343 g/mol. The van der Waals surface area contributed by atoms with E-state index in [1.807, 2.05) is 0 Å². The Balaban J connectivity index is -0.000000334. The lowest BCUT2D eigenvalue weighted by atomic mass is 10.2. The van der Waals surface area contributed by atoms with Crippen LogP contribution in [0.3, 0.4) is 0 Å². The first kappa shape index (κ1) is 24.8. The number of carbonyl (C=O) groups excluding carboxylic acids is 3. The highest BCUT2D eigenvalue weighted by molar-refractivity contribution is 6.43. The van der Waals surface area contributed by atoms with Gasteiger partial charge in [0.25, 0.3) is 17.9 Å². The predicted octanol–water partition coefficient (Wildman–Crippen LogP) is 1.26. The van der Waals surface area contributed by atoms with Gasteiger partial charge < -0.3 is 19.7 Å². The van der Waals surface area contributed by atoms with Gasteiger partial charge in [-0.1, -0.05) is 6.08 Å². The summed E-state index contributed by atoms with van der Waals surface area (Å²) in [5.41, 5.74) is 4.91. The van der Waals surface area contributed by atoms with Crippen molar-refractivity contribution in [2.24, 2.45) is 5.73 Å². The molecule has 0 amide bonds. The van der Waals surface area contributed by atoms with Crippen LogP contribution in [0.25, 0.3) is 0 Å². The van der Waals surface area contributed by atoms with Gasteiger partial charge in [-0.2, -0.15) is 0 Å². The quantitative estimate of drug-likeness (QED) is 0.455. The number of halogens is 2. The van der Waals surface area contributed by atoms with Gasteiger partial charge in [0.05, 0.1) is 0 Å². The van der Waals surface area contributed by atoms with E-state index < -0.39 is 25.2 Å². The molecule has 10 heteroatoms. The van der Waals surface area contributed by atoms with E-state index in [0.29, 0.717) is 18.3 Å². The van der Waals surface area contributed by atoms with Crippen molar-refractivity contribution in [2.45, 2.75) is 20.8 Å². The van der Waals surface area contributed by atoms with Crippen LogP contribution in [0.15, 0.2) is 12.7 Å². The molecular weight excluding hydrogens is 324 g/mol. The Labute approximate surface area is 134 Å². The van der Waals surface area contributed by atoms with Crippen LogP contribution >= 0.6 is 23.2 Å². The molecule has 0 bridgehead atoms. The fraction of sp³-hybridized carbons (Fsp3) is 0.545. The fourth-order valence-electron chi connectivity index (χ4n) is 0.479. The maximum atomic E-state index is 10.4. The highest BCUT2D eigenvalue weighted by Gasteiger charge is 2.33. The van der Waals surface area contributed by atoms with Gasteiger partial charge in [0.1, 0.15) is 0 Å². The Kier molecular flexibility index (Phi) is 22.1. The average Bonchev–Trinajstić information content (AvgIpc) is 2.37. The SMILES string of the molecule is C=CCN.CC(=O)OB(OC(C)=O)OC(C)=O.ClCCCl. The molecule has 0 saturated carbocycles. The molecule has 0 spiro atoms. The minimum Gasteiger partial charge on any atom is -0.462 e. The molecular formula is C11H20BCl2NO6. The molecule has 0 aliphatic carbocycles. The first-order valence-corrected chi connectivity index (χ1v) is 6.76. The summed E-state index contributed by atoms with van der Waals surface area (Å²) in [5.74, 6) is -1.03. The van der Waals surface area contributed by atoms with E-state index in [0.717, 1.165) is 20.8 Å². The zero-order valence-electron chi connectivity index (χ0n) is 12.3. The Morgan fingerprint density at radius 2 is 1.24 bits per heavy atom. The lowest BCUT2D eigenvalue weighted by Gasteiger charge is -2.09. The first-order chi connectivity index (χ1) is 9.74. The van der Waals surface area contributed by atoms with Crippen molar-refractivity contribution in [2.75, 3.05) is 18.3 Å². The second kappa shape index (κ2) is 18.8. The molecule has 2 N–H and O–H groups in total. The number of carbonyl (C=O) groups is 3. The number of hydrogen-bond acceptors (Lipinski definition) is 7. The molecule has 0 radical (unpaired) electrons. The molecule has 0 heterocycles. The van der Waals surface area contributed by atoms with E-state index in [-0.39, 0.29) is 0 Å². The van der Waals surface area contributed by atoms with Gasteiger partial charge in [0, 0.05) is 39.1 Å². The first-order valence-electron chi connectivity index (χ1n) is 5.69. The van der Waals surface area contributed by atoms with E-state index in [1.165, 1.54) is 0 Å². The Hall–Kier alpha value is -1.25. The number of nitrogens with two attached hydrogens (primary N) is 1. The lowest BCUT2D eigenvalue weighted by Crippen LogP contribution is -2.32. The molecule has 0 fully saturated rings. The van der Waals surface area contributed by atoms with E-state index in [4.69, 9.17) is 28.9 Å². The van der Waals surface area contributed by atoms with Gasteiger partial charge in [-0.3, -0.25) is 14.4 Å². The lowest BCUT2D eigenvalue weighted by molar-refractivity contribution is -0.144. The third-order valence-corrected chi connectivity index (χ3v) is 1.60. The molecule has 122 valence electrons. The van der Waals surface area contributed by atoms with Crippen LogP contribution in [-0.4, -0.2) is 43.5 Å². The predicted molar refractivity (Wildman–Crippen MR) is 81.7 cm³/mol. The summed E-state index contributed by atoms with van der Waals surface area (Å²) in [4.78, 5) is 31.2. The minimum atomic E-state index is -1.59. The summed E-state index contributed by atoms with van der Waals surface area (Å²) < 4.78 is 13.0. The van der Waals surface area contributed by atoms with Crippen LogP contribution in [0.1, 0.15) is 20.8 Å². The highest BCUT2D eigenvalue weighted by Crippen LogP contribution is 1.94. The van der Waals surface area contributed by atoms with Crippen molar-refractivity contribution < 1.29 is 28.3 Å². The standard InChI is InChI=1S/C6H9BO6.C3H7N.C2H4Cl2/c1-4(8)11-7(12-5(2)9)13-6(3)10;1-2-3-4;3-1-2-4/h1-3H3;2H,1,3-4H2;1-2H2. The van der Waals surface area contributed by atoms with E-state index >= 15 is 0 Å². The Morgan fingerprint density at radius 3 is 1.33 bits per heavy atom. The van der Waals surface area contributed by atoms with Crippen LogP contribution in [0, 0.1) is 0 Å². The molecule has 0 aliphatic rings. The zero-order valence-corrected chi connectivity index (χ0v) is 13.8. The summed E-state index contributed by atoms with van der Waals surface area (Å²) in [5, 5.41) is 0. The van der Waals surface area contributed by atoms with Gasteiger partial charge in [0.15, 0.2) is 0 Å². The largest absolute Gasteiger partial charge is 0.870 e. The van der Waals surface area contributed by atoms with Gasteiger partial charge in [0.2, 0.25) is 0 Å². The molecule has 7 nitrogen and oxygen atoms in total.